The summed E-state index contributed by atoms with van der Waals surface area (Å²) in [5.74, 6) is 1.98. The van der Waals surface area contributed by atoms with Gasteiger partial charge in [0.15, 0.2) is 0 Å². The summed E-state index contributed by atoms with van der Waals surface area (Å²) in [6, 6.07) is 18.5. The van der Waals surface area contributed by atoms with Gasteiger partial charge in [0.1, 0.15) is 17.3 Å². The first-order chi connectivity index (χ1) is 13.5. The molecule has 0 atom stereocenters. The average Bonchev–Trinajstić information content (AvgIpc) is 2.72. The molecule has 5 nitrogen and oxygen atoms in total. The lowest BCUT2D eigenvalue weighted by molar-refractivity contribution is 0.412. The first-order valence-corrected chi connectivity index (χ1v) is 9.14. The van der Waals surface area contributed by atoms with Crippen molar-refractivity contribution in [3.63, 3.8) is 0 Å². The van der Waals surface area contributed by atoms with E-state index in [-0.39, 0.29) is 5.75 Å². The molecule has 1 heterocycles. The van der Waals surface area contributed by atoms with Gasteiger partial charge in [-0.1, -0.05) is 26.0 Å². The zero-order valence-corrected chi connectivity index (χ0v) is 16.2. The Morgan fingerprint density at radius 1 is 1.07 bits per heavy atom. The van der Waals surface area contributed by atoms with E-state index in [1.54, 1.807) is 37.4 Å². The van der Waals surface area contributed by atoms with Gasteiger partial charge in [-0.25, -0.2) is 4.98 Å². The maximum Gasteiger partial charge on any atom is 0.127 e. The quantitative estimate of drug-likeness (QED) is 0.631. The molecule has 0 saturated carbocycles. The predicted molar refractivity (Wildman–Crippen MR) is 111 cm³/mol. The molecule has 0 fully saturated rings. The van der Waals surface area contributed by atoms with E-state index >= 15 is 0 Å². The Bertz CT molecular complexity index is 1010. The molecule has 3 rings (SSSR count). The van der Waals surface area contributed by atoms with Gasteiger partial charge >= 0.3 is 0 Å². The largest absolute Gasteiger partial charge is 0.507 e. The maximum absolute atomic E-state index is 10.4. The molecule has 2 N–H and O–H groups in total. The van der Waals surface area contributed by atoms with Crippen LogP contribution >= 0.6 is 0 Å². The van der Waals surface area contributed by atoms with Crippen LogP contribution in [0.5, 0.6) is 11.5 Å². The van der Waals surface area contributed by atoms with Crippen LogP contribution in [0.2, 0.25) is 0 Å². The van der Waals surface area contributed by atoms with Crippen molar-refractivity contribution >= 4 is 5.82 Å². The number of anilines is 1. The Morgan fingerprint density at radius 2 is 1.82 bits per heavy atom. The number of hydrogen-bond acceptors (Lipinski definition) is 5. The van der Waals surface area contributed by atoms with Crippen molar-refractivity contribution in [2.45, 2.75) is 13.8 Å². The van der Waals surface area contributed by atoms with Gasteiger partial charge < -0.3 is 15.2 Å². The number of rotatable bonds is 6. The molecule has 0 aliphatic carbocycles. The highest BCUT2D eigenvalue weighted by Crippen LogP contribution is 2.35. The maximum atomic E-state index is 10.4. The second-order valence-electron chi connectivity index (χ2n) is 6.97. The van der Waals surface area contributed by atoms with Crippen molar-refractivity contribution in [1.82, 2.24) is 4.98 Å². The standard InChI is InChI=1S/C23H23N3O2/c1-15(2)14-25-23-11-18(17-6-4-16(13-24)5-7-17)10-21(26-23)20-12-19(28-3)8-9-22(20)27/h4-12,15,27H,14H2,1-3H3,(H,25,26). The Balaban J connectivity index is 2.11. The predicted octanol–water partition coefficient (Wildman–Crippen LogP) is 5.07. The van der Waals surface area contributed by atoms with Gasteiger partial charge in [0, 0.05) is 12.1 Å². The number of nitriles is 1. The van der Waals surface area contributed by atoms with Crippen LogP contribution in [0.15, 0.2) is 54.6 Å². The molecule has 5 heteroatoms. The van der Waals surface area contributed by atoms with Crippen LogP contribution in [0.4, 0.5) is 5.82 Å². The third-order valence-electron chi connectivity index (χ3n) is 4.34. The fourth-order valence-electron chi connectivity index (χ4n) is 2.82. The Morgan fingerprint density at radius 3 is 2.46 bits per heavy atom. The number of pyridine rings is 1. The molecule has 142 valence electrons. The van der Waals surface area contributed by atoms with Crippen molar-refractivity contribution < 1.29 is 9.84 Å². The third kappa shape index (κ3) is 4.41. The summed E-state index contributed by atoms with van der Waals surface area (Å²) < 4.78 is 5.30. The van der Waals surface area contributed by atoms with E-state index in [2.05, 4.69) is 25.2 Å². The minimum absolute atomic E-state index is 0.139. The van der Waals surface area contributed by atoms with E-state index in [9.17, 15) is 5.11 Å². The van der Waals surface area contributed by atoms with Gasteiger partial charge in [0.05, 0.1) is 24.4 Å². The molecule has 0 radical (unpaired) electrons. The van der Waals surface area contributed by atoms with Crippen LogP contribution in [-0.2, 0) is 0 Å². The molecule has 0 aliphatic rings. The molecule has 0 unspecified atom stereocenters. The Kier molecular flexibility index (Phi) is 5.81. The van der Waals surface area contributed by atoms with Crippen molar-refractivity contribution in [2.24, 2.45) is 5.92 Å². The fourth-order valence-corrected chi connectivity index (χ4v) is 2.82. The molecule has 0 aliphatic heterocycles. The van der Waals surface area contributed by atoms with E-state index in [1.165, 1.54) is 0 Å². The van der Waals surface area contributed by atoms with Crippen LogP contribution < -0.4 is 10.1 Å². The van der Waals surface area contributed by atoms with Crippen LogP contribution in [0, 0.1) is 17.2 Å². The lowest BCUT2D eigenvalue weighted by Crippen LogP contribution is -2.09. The highest BCUT2D eigenvalue weighted by Gasteiger charge is 2.12. The molecule has 2 aromatic carbocycles. The molecule has 3 aromatic rings. The van der Waals surface area contributed by atoms with Gasteiger partial charge in [-0.3, -0.25) is 0 Å². The summed E-state index contributed by atoms with van der Waals surface area (Å²) in [5.41, 5.74) is 3.77. The van der Waals surface area contributed by atoms with Gasteiger partial charge in [-0.2, -0.15) is 5.26 Å². The first kappa shape index (κ1) is 19.2. The molecule has 0 amide bonds. The summed E-state index contributed by atoms with van der Waals surface area (Å²) in [6.07, 6.45) is 0. The van der Waals surface area contributed by atoms with Gasteiger partial charge in [0.25, 0.3) is 0 Å². The third-order valence-corrected chi connectivity index (χ3v) is 4.34. The molecular formula is C23H23N3O2. The number of phenols is 1. The SMILES string of the molecule is COc1ccc(O)c(-c2cc(-c3ccc(C#N)cc3)cc(NCC(C)C)n2)c1. The monoisotopic (exact) mass is 373 g/mol. The highest BCUT2D eigenvalue weighted by molar-refractivity contribution is 5.77. The lowest BCUT2D eigenvalue weighted by Gasteiger charge is -2.14. The normalized spacial score (nSPS) is 10.5. The number of ether oxygens (including phenoxy) is 1. The van der Waals surface area contributed by atoms with E-state index in [0.717, 1.165) is 23.5 Å². The number of hydrogen-bond donors (Lipinski definition) is 2. The minimum atomic E-state index is 0.139. The fraction of sp³-hybridized carbons (Fsp3) is 0.217. The summed E-state index contributed by atoms with van der Waals surface area (Å²) >= 11 is 0. The summed E-state index contributed by atoms with van der Waals surface area (Å²) in [4.78, 5) is 4.69. The van der Waals surface area contributed by atoms with E-state index in [4.69, 9.17) is 15.0 Å². The van der Waals surface area contributed by atoms with Crippen molar-refractivity contribution in [1.29, 1.82) is 5.26 Å². The molecule has 0 bridgehead atoms. The number of aromatic nitrogens is 1. The molecule has 0 spiro atoms. The van der Waals surface area contributed by atoms with Crippen LogP contribution in [0.1, 0.15) is 19.4 Å². The second-order valence-corrected chi connectivity index (χ2v) is 6.97. The molecule has 28 heavy (non-hydrogen) atoms. The Labute approximate surface area is 165 Å². The lowest BCUT2D eigenvalue weighted by atomic mass is 10.0. The smallest absolute Gasteiger partial charge is 0.127 e. The van der Waals surface area contributed by atoms with E-state index in [0.29, 0.717) is 28.5 Å². The summed E-state index contributed by atoms with van der Waals surface area (Å²) in [6.45, 7) is 5.05. The van der Waals surface area contributed by atoms with E-state index in [1.807, 2.05) is 24.3 Å². The van der Waals surface area contributed by atoms with Gasteiger partial charge in [0.2, 0.25) is 0 Å². The summed E-state index contributed by atoms with van der Waals surface area (Å²) in [5, 5.41) is 22.8. The summed E-state index contributed by atoms with van der Waals surface area (Å²) in [7, 11) is 1.59. The number of benzene rings is 2. The van der Waals surface area contributed by atoms with Crippen LogP contribution in [0.3, 0.4) is 0 Å². The van der Waals surface area contributed by atoms with E-state index < -0.39 is 0 Å². The molecular weight excluding hydrogens is 350 g/mol. The zero-order chi connectivity index (χ0) is 20.1. The van der Waals surface area contributed by atoms with Crippen molar-refractivity contribution in [2.75, 3.05) is 19.0 Å². The topological polar surface area (TPSA) is 78.2 Å². The number of nitrogens with one attached hydrogen (secondary N) is 1. The number of phenolic OH excluding ortho intramolecular Hbond substituents is 1. The van der Waals surface area contributed by atoms with Crippen LogP contribution in [0.25, 0.3) is 22.4 Å². The second kappa shape index (κ2) is 8.45. The van der Waals surface area contributed by atoms with Gasteiger partial charge in [-0.15, -0.1) is 0 Å². The van der Waals surface area contributed by atoms with Crippen molar-refractivity contribution in [3.8, 4) is 40.0 Å². The number of methoxy groups -OCH3 is 1. The van der Waals surface area contributed by atoms with Crippen molar-refractivity contribution in [3.05, 3.63) is 60.2 Å². The Hall–Kier alpha value is -3.52. The van der Waals surface area contributed by atoms with Gasteiger partial charge in [-0.05, 0) is 59.5 Å². The zero-order valence-electron chi connectivity index (χ0n) is 16.2. The number of nitrogens with zero attached hydrogens (tertiary/aromatic N) is 2. The molecule has 1 aromatic heterocycles. The van der Waals surface area contributed by atoms with Crippen LogP contribution in [-0.4, -0.2) is 23.7 Å². The average molecular weight is 373 g/mol. The first-order valence-electron chi connectivity index (χ1n) is 9.14. The minimum Gasteiger partial charge on any atom is -0.507 e. The molecule has 0 saturated heterocycles. The highest BCUT2D eigenvalue weighted by atomic mass is 16.5. The number of aromatic hydroxyl groups is 1.